The second-order valence-electron chi connectivity index (χ2n) is 4.48. The maximum absolute atomic E-state index is 11.5. The largest absolute Gasteiger partial charge is 0.391 e. The van der Waals surface area contributed by atoms with Gasteiger partial charge in [-0.2, -0.15) is 0 Å². The van der Waals surface area contributed by atoms with Crippen molar-refractivity contribution in [1.29, 1.82) is 0 Å². The van der Waals surface area contributed by atoms with E-state index in [0.717, 1.165) is 0 Å². The number of aliphatic hydroxyl groups excluding tert-OH is 1. The third kappa shape index (κ3) is 2.25. The van der Waals surface area contributed by atoms with Crippen LogP contribution in [0.15, 0.2) is 0 Å². The van der Waals surface area contributed by atoms with Crippen LogP contribution in [0.1, 0.15) is 33.6 Å². The second kappa shape index (κ2) is 3.87. The Labute approximate surface area is 84.5 Å². The Morgan fingerprint density at radius 1 is 1.64 bits per heavy atom. The predicted octanol–water partition coefficient (Wildman–Crippen LogP) is 0.129. The Balaban J connectivity index is 2.76. The number of carbonyl (C=O) groups excluding carboxylic acids is 1. The van der Waals surface area contributed by atoms with E-state index in [-0.39, 0.29) is 18.4 Å². The minimum atomic E-state index is -0.908. The molecule has 1 amide bonds. The van der Waals surface area contributed by atoms with Crippen molar-refractivity contribution in [2.75, 3.05) is 6.54 Å². The lowest BCUT2D eigenvalue weighted by Gasteiger charge is -2.36. The smallest absolute Gasteiger partial charge is 0.225 e. The fraction of sp³-hybridized carbons (Fsp3) is 0.900. The highest BCUT2D eigenvalue weighted by molar-refractivity contribution is 5.79. The molecule has 2 unspecified atom stereocenters. The number of hydrogen-bond acceptors (Lipinski definition) is 3. The summed E-state index contributed by atoms with van der Waals surface area (Å²) >= 11 is 0. The highest BCUT2D eigenvalue weighted by Crippen LogP contribution is 2.24. The minimum Gasteiger partial charge on any atom is -0.391 e. The average Bonchev–Trinajstić information content (AvgIpc) is 2.29. The molecule has 0 saturated carbocycles. The molecule has 0 aromatic rings. The molecule has 2 atom stereocenters. The molecule has 2 N–H and O–H groups in total. The molecule has 82 valence electrons. The van der Waals surface area contributed by atoms with Gasteiger partial charge in [0.15, 0.2) is 0 Å². The van der Waals surface area contributed by atoms with Crippen molar-refractivity contribution in [3.63, 3.8) is 0 Å². The number of rotatable bonds is 3. The standard InChI is InChI=1S/C10H19NO3/c1-4-8(10(2,3)14)11-6-7(12)5-9(11)13/h7-8,12,14H,4-6H2,1-3H3. The van der Waals surface area contributed by atoms with Crippen molar-refractivity contribution in [1.82, 2.24) is 4.90 Å². The van der Waals surface area contributed by atoms with Crippen LogP contribution in [0.2, 0.25) is 0 Å². The zero-order valence-electron chi connectivity index (χ0n) is 9.03. The van der Waals surface area contributed by atoms with Gasteiger partial charge in [-0.15, -0.1) is 0 Å². The molecule has 0 aromatic carbocycles. The molecule has 1 heterocycles. The number of aliphatic hydroxyl groups is 2. The first-order valence-electron chi connectivity index (χ1n) is 5.06. The van der Waals surface area contributed by atoms with Gasteiger partial charge in [0.1, 0.15) is 0 Å². The van der Waals surface area contributed by atoms with E-state index < -0.39 is 11.7 Å². The molecule has 0 spiro atoms. The lowest BCUT2D eigenvalue weighted by atomic mass is 9.95. The fourth-order valence-electron chi connectivity index (χ4n) is 2.11. The van der Waals surface area contributed by atoms with Crippen molar-refractivity contribution >= 4 is 5.91 Å². The van der Waals surface area contributed by atoms with E-state index in [1.807, 2.05) is 6.92 Å². The zero-order valence-corrected chi connectivity index (χ0v) is 9.03. The Morgan fingerprint density at radius 2 is 2.21 bits per heavy atom. The van der Waals surface area contributed by atoms with Crippen LogP contribution in [0, 0.1) is 0 Å². The van der Waals surface area contributed by atoms with Gasteiger partial charge in [0, 0.05) is 6.54 Å². The molecular weight excluding hydrogens is 182 g/mol. The number of amides is 1. The van der Waals surface area contributed by atoms with Crippen molar-refractivity contribution in [2.24, 2.45) is 0 Å². The molecule has 4 nitrogen and oxygen atoms in total. The summed E-state index contributed by atoms with van der Waals surface area (Å²) in [6.07, 6.45) is 0.313. The highest BCUT2D eigenvalue weighted by Gasteiger charge is 2.38. The van der Waals surface area contributed by atoms with Crippen LogP contribution in [0.3, 0.4) is 0 Å². The van der Waals surface area contributed by atoms with E-state index in [2.05, 4.69) is 0 Å². The summed E-state index contributed by atoms with van der Waals surface area (Å²) in [7, 11) is 0. The maximum Gasteiger partial charge on any atom is 0.225 e. The first-order valence-corrected chi connectivity index (χ1v) is 5.06. The van der Waals surface area contributed by atoms with E-state index in [1.165, 1.54) is 0 Å². The molecule has 1 rings (SSSR count). The molecule has 4 heteroatoms. The summed E-state index contributed by atoms with van der Waals surface area (Å²) in [6.45, 7) is 5.67. The summed E-state index contributed by atoms with van der Waals surface area (Å²) in [5, 5.41) is 19.2. The first kappa shape index (κ1) is 11.5. The van der Waals surface area contributed by atoms with Gasteiger partial charge in [-0.3, -0.25) is 4.79 Å². The zero-order chi connectivity index (χ0) is 10.9. The molecule has 0 aliphatic carbocycles. The van der Waals surface area contributed by atoms with Gasteiger partial charge in [-0.05, 0) is 20.3 Å². The van der Waals surface area contributed by atoms with E-state index in [1.54, 1.807) is 18.7 Å². The number of hydrogen-bond donors (Lipinski definition) is 2. The Bertz CT molecular complexity index is 222. The molecule has 0 radical (unpaired) electrons. The lowest BCUT2D eigenvalue weighted by molar-refractivity contribution is -0.134. The van der Waals surface area contributed by atoms with Crippen LogP contribution < -0.4 is 0 Å². The molecule has 0 bridgehead atoms. The Morgan fingerprint density at radius 3 is 2.50 bits per heavy atom. The number of nitrogens with zero attached hydrogens (tertiary/aromatic N) is 1. The van der Waals surface area contributed by atoms with Crippen molar-refractivity contribution in [3.8, 4) is 0 Å². The highest BCUT2D eigenvalue weighted by atomic mass is 16.3. The van der Waals surface area contributed by atoms with Crippen molar-refractivity contribution in [3.05, 3.63) is 0 Å². The summed E-state index contributed by atoms with van der Waals surface area (Å²) in [6, 6.07) is -0.202. The number of likely N-dealkylation sites (tertiary alicyclic amines) is 1. The van der Waals surface area contributed by atoms with E-state index in [0.29, 0.717) is 13.0 Å². The van der Waals surface area contributed by atoms with Gasteiger partial charge in [-0.1, -0.05) is 6.92 Å². The van der Waals surface area contributed by atoms with Crippen LogP contribution in [0.4, 0.5) is 0 Å². The second-order valence-corrected chi connectivity index (χ2v) is 4.48. The van der Waals surface area contributed by atoms with Crippen LogP contribution in [-0.4, -0.2) is 45.3 Å². The summed E-state index contributed by atoms with van der Waals surface area (Å²) < 4.78 is 0. The number of carbonyl (C=O) groups is 1. The van der Waals surface area contributed by atoms with E-state index >= 15 is 0 Å². The molecule has 1 aliphatic rings. The van der Waals surface area contributed by atoms with Gasteiger partial charge in [-0.25, -0.2) is 0 Å². The third-order valence-corrected chi connectivity index (χ3v) is 2.72. The SMILES string of the molecule is CCC(N1CC(O)CC1=O)C(C)(C)O. The normalized spacial score (nSPS) is 25.6. The average molecular weight is 201 g/mol. The quantitative estimate of drug-likeness (QED) is 0.682. The van der Waals surface area contributed by atoms with Gasteiger partial charge < -0.3 is 15.1 Å². The molecular formula is C10H19NO3. The summed E-state index contributed by atoms with van der Waals surface area (Å²) in [5.74, 6) is -0.0634. The van der Waals surface area contributed by atoms with Crippen molar-refractivity contribution < 1.29 is 15.0 Å². The van der Waals surface area contributed by atoms with Crippen LogP contribution in [0.25, 0.3) is 0 Å². The molecule has 1 aliphatic heterocycles. The first-order chi connectivity index (χ1) is 6.36. The van der Waals surface area contributed by atoms with Crippen LogP contribution in [0.5, 0.6) is 0 Å². The van der Waals surface area contributed by atoms with Gasteiger partial charge in [0.2, 0.25) is 5.91 Å². The summed E-state index contributed by atoms with van der Waals surface area (Å²) in [5.41, 5.74) is -0.908. The fourth-order valence-corrected chi connectivity index (χ4v) is 2.11. The van der Waals surface area contributed by atoms with Crippen LogP contribution >= 0.6 is 0 Å². The molecule has 1 fully saturated rings. The van der Waals surface area contributed by atoms with Gasteiger partial charge in [0.25, 0.3) is 0 Å². The maximum atomic E-state index is 11.5. The third-order valence-electron chi connectivity index (χ3n) is 2.72. The summed E-state index contributed by atoms with van der Waals surface area (Å²) in [4.78, 5) is 13.1. The Kier molecular flexibility index (Phi) is 3.17. The molecule has 14 heavy (non-hydrogen) atoms. The monoisotopic (exact) mass is 201 g/mol. The number of β-amino-alcohol motifs (C(OH)–C–C–N with tert-alkyl or cyclic N) is 1. The minimum absolute atomic E-state index is 0.0634. The van der Waals surface area contributed by atoms with Crippen LogP contribution in [-0.2, 0) is 4.79 Å². The predicted molar refractivity (Wildman–Crippen MR) is 52.7 cm³/mol. The van der Waals surface area contributed by atoms with E-state index in [9.17, 15) is 15.0 Å². The topological polar surface area (TPSA) is 60.8 Å². The Hall–Kier alpha value is -0.610. The van der Waals surface area contributed by atoms with Gasteiger partial charge in [0.05, 0.1) is 24.2 Å². The van der Waals surface area contributed by atoms with Crippen molar-refractivity contribution in [2.45, 2.75) is 51.4 Å². The van der Waals surface area contributed by atoms with Gasteiger partial charge >= 0.3 is 0 Å². The lowest BCUT2D eigenvalue weighted by Crippen LogP contribution is -2.49. The van der Waals surface area contributed by atoms with E-state index in [4.69, 9.17) is 0 Å². The molecule has 1 saturated heterocycles. The molecule has 0 aromatic heterocycles.